The fourth-order valence-electron chi connectivity index (χ4n) is 1.76. The van der Waals surface area contributed by atoms with E-state index in [9.17, 15) is 9.59 Å². The normalized spacial score (nSPS) is 10.0. The van der Waals surface area contributed by atoms with Crippen molar-refractivity contribution in [3.8, 4) is 6.07 Å². The predicted octanol–water partition coefficient (Wildman–Crippen LogP) is 1.58. The summed E-state index contributed by atoms with van der Waals surface area (Å²) < 4.78 is 4.79. The van der Waals surface area contributed by atoms with Gasteiger partial charge in [0, 0.05) is 10.9 Å². The van der Waals surface area contributed by atoms with E-state index in [1.54, 1.807) is 31.2 Å². The van der Waals surface area contributed by atoms with E-state index in [1.165, 1.54) is 0 Å². The fourth-order valence-corrected chi connectivity index (χ4v) is 1.76. The molecule has 0 amide bonds. The summed E-state index contributed by atoms with van der Waals surface area (Å²) in [6.45, 7) is 1.79. The third-order valence-electron chi connectivity index (χ3n) is 2.51. The Morgan fingerprint density at radius 3 is 2.83 bits per heavy atom. The van der Waals surface area contributed by atoms with Gasteiger partial charge in [0.2, 0.25) is 0 Å². The number of benzene rings is 1. The maximum atomic E-state index is 11.8. The zero-order chi connectivity index (χ0) is 13.1. The molecule has 2 rings (SSSR count). The molecule has 0 aliphatic rings. The molecule has 0 spiro atoms. The van der Waals surface area contributed by atoms with E-state index in [4.69, 9.17) is 10.00 Å². The number of nitriles is 1. The number of hydrogen-bond acceptors (Lipinski definition) is 4. The standard InChI is InChI=1S/C13H10N2O3/c1-2-18-13(17)11-9(7-14)8-5-3-4-6-10(8)15-12(11)16/h3-6H,2H2,1H3,(H,15,16). The van der Waals surface area contributed by atoms with Crippen LogP contribution < -0.4 is 5.56 Å². The molecule has 0 saturated carbocycles. The van der Waals surface area contributed by atoms with Gasteiger partial charge < -0.3 is 9.72 Å². The van der Waals surface area contributed by atoms with Gasteiger partial charge in [0.1, 0.15) is 11.6 Å². The van der Waals surface area contributed by atoms with E-state index >= 15 is 0 Å². The van der Waals surface area contributed by atoms with Crippen LogP contribution in [0.15, 0.2) is 29.1 Å². The summed E-state index contributed by atoms with van der Waals surface area (Å²) in [5.41, 5.74) is -0.276. The average molecular weight is 242 g/mol. The maximum absolute atomic E-state index is 11.8. The number of carbonyl (C=O) groups is 1. The Labute approximate surface area is 103 Å². The average Bonchev–Trinajstić information content (AvgIpc) is 2.37. The highest BCUT2D eigenvalue weighted by Crippen LogP contribution is 2.17. The minimum atomic E-state index is -0.777. The zero-order valence-corrected chi connectivity index (χ0v) is 9.69. The van der Waals surface area contributed by atoms with Crippen molar-refractivity contribution in [1.29, 1.82) is 5.26 Å². The van der Waals surface area contributed by atoms with Crippen molar-refractivity contribution in [3.63, 3.8) is 0 Å². The van der Waals surface area contributed by atoms with Gasteiger partial charge in [-0.05, 0) is 13.0 Å². The lowest BCUT2D eigenvalue weighted by Crippen LogP contribution is -2.22. The number of pyridine rings is 1. The smallest absolute Gasteiger partial charge is 0.345 e. The van der Waals surface area contributed by atoms with E-state index in [-0.39, 0.29) is 17.7 Å². The Balaban J connectivity index is 2.82. The number of para-hydroxylation sites is 1. The molecule has 0 radical (unpaired) electrons. The van der Waals surface area contributed by atoms with Crippen LogP contribution in [0.2, 0.25) is 0 Å². The molecule has 0 aliphatic heterocycles. The quantitative estimate of drug-likeness (QED) is 0.810. The molecule has 0 atom stereocenters. The highest BCUT2D eigenvalue weighted by molar-refractivity contribution is 5.98. The molecule has 5 nitrogen and oxygen atoms in total. The zero-order valence-electron chi connectivity index (χ0n) is 9.69. The van der Waals surface area contributed by atoms with Gasteiger partial charge in [-0.2, -0.15) is 5.26 Å². The molecule has 0 saturated heterocycles. The summed E-state index contributed by atoms with van der Waals surface area (Å²) in [6, 6.07) is 8.72. The maximum Gasteiger partial charge on any atom is 0.345 e. The van der Waals surface area contributed by atoms with Crippen molar-refractivity contribution in [3.05, 3.63) is 45.7 Å². The minimum absolute atomic E-state index is 0.0489. The molecule has 0 unspecified atom stereocenters. The van der Waals surface area contributed by atoms with Crippen LogP contribution in [0.3, 0.4) is 0 Å². The van der Waals surface area contributed by atoms with Crippen LogP contribution in [0.1, 0.15) is 22.8 Å². The number of H-pyrrole nitrogens is 1. The van der Waals surface area contributed by atoms with Gasteiger partial charge in [-0.3, -0.25) is 4.79 Å². The van der Waals surface area contributed by atoms with Gasteiger partial charge >= 0.3 is 5.97 Å². The van der Waals surface area contributed by atoms with Gasteiger partial charge in [0.05, 0.1) is 12.2 Å². The summed E-state index contributed by atoms with van der Waals surface area (Å²) in [5.74, 6) is -0.777. The number of ether oxygens (including phenoxy) is 1. The number of carbonyl (C=O) groups excluding carboxylic acids is 1. The second kappa shape index (κ2) is 4.72. The first-order valence-electron chi connectivity index (χ1n) is 5.41. The minimum Gasteiger partial charge on any atom is -0.462 e. The highest BCUT2D eigenvalue weighted by Gasteiger charge is 2.20. The molecule has 0 bridgehead atoms. The Morgan fingerprint density at radius 2 is 2.17 bits per heavy atom. The van der Waals surface area contributed by atoms with E-state index in [1.807, 2.05) is 6.07 Å². The van der Waals surface area contributed by atoms with Crippen LogP contribution in [0.4, 0.5) is 0 Å². The SMILES string of the molecule is CCOC(=O)c1c(C#N)c2ccccc2[nH]c1=O. The van der Waals surface area contributed by atoms with Crippen molar-refractivity contribution in [1.82, 2.24) is 4.98 Å². The number of esters is 1. The summed E-state index contributed by atoms with van der Waals surface area (Å²) in [4.78, 5) is 26.1. The monoisotopic (exact) mass is 242 g/mol. The molecule has 5 heteroatoms. The number of nitrogens with one attached hydrogen (secondary N) is 1. The Bertz CT molecular complexity index is 710. The molecule has 1 aromatic heterocycles. The molecule has 18 heavy (non-hydrogen) atoms. The van der Waals surface area contributed by atoms with Crippen molar-refractivity contribution in [2.24, 2.45) is 0 Å². The first-order valence-corrected chi connectivity index (χ1v) is 5.41. The second-order valence-electron chi connectivity index (χ2n) is 3.58. The number of fused-ring (bicyclic) bond motifs is 1. The van der Waals surface area contributed by atoms with Crippen molar-refractivity contribution in [2.75, 3.05) is 6.61 Å². The number of rotatable bonds is 2. The summed E-state index contributed by atoms with van der Waals surface area (Å²) >= 11 is 0. The summed E-state index contributed by atoms with van der Waals surface area (Å²) in [5, 5.41) is 9.68. The molecule has 2 aromatic rings. The molecule has 0 fully saturated rings. The van der Waals surface area contributed by atoms with Crippen LogP contribution in [0, 0.1) is 11.3 Å². The van der Waals surface area contributed by atoms with Crippen LogP contribution in [-0.2, 0) is 4.74 Å². The van der Waals surface area contributed by atoms with Gasteiger partial charge in [0.25, 0.3) is 5.56 Å². The molecule has 90 valence electrons. The van der Waals surface area contributed by atoms with Crippen LogP contribution in [0.25, 0.3) is 10.9 Å². The summed E-state index contributed by atoms with van der Waals surface area (Å²) in [7, 11) is 0. The third kappa shape index (κ3) is 1.84. The number of hydrogen-bond donors (Lipinski definition) is 1. The third-order valence-corrected chi connectivity index (χ3v) is 2.51. The fraction of sp³-hybridized carbons (Fsp3) is 0.154. The predicted molar refractivity (Wildman–Crippen MR) is 65.2 cm³/mol. The van der Waals surface area contributed by atoms with Gasteiger partial charge in [-0.25, -0.2) is 4.79 Å². The van der Waals surface area contributed by atoms with Crippen molar-refractivity contribution in [2.45, 2.75) is 6.92 Å². The molecule has 1 N–H and O–H groups in total. The largest absolute Gasteiger partial charge is 0.462 e. The van der Waals surface area contributed by atoms with E-state index in [2.05, 4.69) is 4.98 Å². The Morgan fingerprint density at radius 1 is 1.44 bits per heavy atom. The van der Waals surface area contributed by atoms with E-state index in [0.29, 0.717) is 10.9 Å². The van der Waals surface area contributed by atoms with Crippen molar-refractivity contribution < 1.29 is 9.53 Å². The molecule has 1 aromatic carbocycles. The first-order chi connectivity index (χ1) is 8.69. The van der Waals surface area contributed by atoms with Crippen LogP contribution >= 0.6 is 0 Å². The van der Waals surface area contributed by atoms with Crippen LogP contribution in [0.5, 0.6) is 0 Å². The second-order valence-corrected chi connectivity index (χ2v) is 3.58. The lowest BCUT2D eigenvalue weighted by atomic mass is 10.0. The Kier molecular flexibility index (Phi) is 3.11. The van der Waals surface area contributed by atoms with Gasteiger partial charge in [-0.1, -0.05) is 18.2 Å². The number of nitrogens with zero attached hydrogens (tertiary/aromatic N) is 1. The summed E-state index contributed by atoms with van der Waals surface area (Å²) in [6.07, 6.45) is 0. The highest BCUT2D eigenvalue weighted by atomic mass is 16.5. The first kappa shape index (κ1) is 11.9. The molecular weight excluding hydrogens is 232 g/mol. The van der Waals surface area contributed by atoms with Crippen molar-refractivity contribution >= 4 is 16.9 Å². The lowest BCUT2D eigenvalue weighted by Gasteiger charge is -2.05. The lowest BCUT2D eigenvalue weighted by molar-refractivity contribution is 0.0524. The Hall–Kier alpha value is -2.61. The van der Waals surface area contributed by atoms with Gasteiger partial charge in [0.15, 0.2) is 0 Å². The molecule has 0 aliphatic carbocycles. The van der Waals surface area contributed by atoms with Crippen LogP contribution in [-0.4, -0.2) is 17.6 Å². The van der Waals surface area contributed by atoms with Gasteiger partial charge in [-0.15, -0.1) is 0 Å². The molecular formula is C13H10N2O3. The number of aromatic nitrogens is 1. The topological polar surface area (TPSA) is 82.9 Å². The molecule has 1 heterocycles. The number of aromatic amines is 1. The van der Waals surface area contributed by atoms with E-state index < -0.39 is 11.5 Å². The van der Waals surface area contributed by atoms with E-state index in [0.717, 1.165) is 0 Å².